The average Bonchev–Trinajstić information content (AvgIpc) is 3.10. The molecule has 9 nitrogen and oxygen atoms in total. The van der Waals surface area contributed by atoms with E-state index in [-0.39, 0.29) is 29.8 Å². The Morgan fingerprint density at radius 1 is 1.29 bits per heavy atom. The van der Waals surface area contributed by atoms with Gasteiger partial charge >= 0.3 is 6.18 Å². The van der Waals surface area contributed by atoms with Crippen LogP contribution in [0, 0.1) is 18.8 Å². The SMILES string of the molecule is Cc1nc(N[C@H]2C[C@@H](Cn3cnc(C(F)(F)F)n3)C2)nc2c1NC(=O)[C@H](C(C)C)N2C. The van der Waals surface area contributed by atoms with E-state index in [1.165, 1.54) is 4.68 Å². The number of likely N-dealkylation sites (N-methyl/N-ethyl adjacent to an activating group) is 1. The van der Waals surface area contributed by atoms with Crippen LogP contribution in [0.5, 0.6) is 0 Å². The van der Waals surface area contributed by atoms with Gasteiger partial charge in [-0.05, 0) is 31.6 Å². The number of nitrogens with zero attached hydrogens (tertiary/aromatic N) is 6. The van der Waals surface area contributed by atoms with Crippen LogP contribution in [-0.4, -0.2) is 49.8 Å². The van der Waals surface area contributed by atoms with Gasteiger partial charge in [0.25, 0.3) is 5.82 Å². The van der Waals surface area contributed by atoms with Gasteiger partial charge in [0.15, 0.2) is 5.82 Å². The van der Waals surface area contributed by atoms with Crippen molar-refractivity contribution in [3.05, 3.63) is 17.8 Å². The molecule has 0 unspecified atom stereocenters. The molecule has 31 heavy (non-hydrogen) atoms. The minimum absolute atomic E-state index is 0.0685. The molecule has 12 heteroatoms. The summed E-state index contributed by atoms with van der Waals surface area (Å²) in [6, 6.07) is -0.190. The van der Waals surface area contributed by atoms with Gasteiger partial charge in [0, 0.05) is 19.6 Å². The van der Waals surface area contributed by atoms with Crippen molar-refractivity contribution >= 4 is 23.4 Å². The molecule has 0 aromatic carbocycles. The van der Waals surface area contributed by atoms with E-state index in [2.05, 4.69) is 30.7 Å². The van der Waals surface area contributed by atoms with Gasteiger partial charge in [-0.25, -0.2) is 9.97 Å². The summed E-state index contributed by atoms with van der Waals surface area (Å²) >= 11 is 0. The largest absolute Gasteiger partial charge is 0.453 e. The third kappa shape index (κ3) is 4.15. The third-order valence-electron chi connectivity index (χ3n) is 5.77. The van der Waals surface area contributed by atoms with Crippen LogP contribution in [0.4, 0.5) is 30.6 Å². The summed E-state index contributed by atoms with van der Waals surface area (Å²) in [5, 5.41) is 9.72. The van der Waals surface area contributed by atoms with Crippen molar-refractivity contribution in [2.24, 2.45) is 11.8 Å². The van der Waals surface area contributed by atoms with Crippen LogP contribution >= 0.6 is 0 Å². The first kappa shape index (κ1) is 21.3. The van der Waals surface area contributed by atoms with Crippen molar-refractivity contribution < 1.29 is 18.0 Å². The van der Waals surface area contributed by atoms with Crippen molar-refractivity contribution in [1.82, 2.24) is 24.7 Å². The number of carbonyl (C=O) groups is 1. The molecule has 2 aliphatic rings. The smallest absolute Gasteiger partial charge is 0.351 e. The zero-order chi connectivity index (χ0) is 22.5. The fourth-order valence-corrected chi connectivity index (χ4v) is 4.24. The lowest BCUT2D eigenvalue weighted by atomic mass is 9.80. The van der Waals surface area contributed by atoms with Crippen LogP contribution in [0.25, 0.3) is 0 Å². The molecule has 0 bridgehead atoms. The van der Waals surface area contributed by atoms with Gasteiger partial charge in [0.1, 0.15) is 18.1 Å². The molecule has 168 valence electrons. The van der Waals surface area contributed by atoms with Crippen molar-refractivity contribution in [1.29, 1.82) is 0 Å². The minimum atomic E-state index is -4.53. The molecular weight excluding hydrogens is 413 g/mol. The number of nitrogens with one attached hydrogen (secondary N) is 2. The molecule has 1 fully saturated rings. The zero-order valence-corrected chi connectivity index (χ0v) is 17.7. The lowest BCUT2D eigenvalue weighted by molar-refractivity contribution is -0.145. The van der Waals surface area contributed by atoms with Crippen LogP contribution in [0.2, 0.25) is 0 Å². The second kappa shape index (κ2) is 7.65. The normalized spacial score (nSPS) is 23.4. The molecule has 4 rings (SSSR count). The van der Waals surface area contributed by atoms with E-state index < -0.39 is 12.0 Å². The summed E-state index contributed by atoms with van der Waals surface area (Å²) < 4.78 is 39.1. The first-order valence-electron chi connectivity index (χ1n) is 10.2. The maximum Gasteiger partial charge on any atom is 0.453 e. The topological polar surface area (TPSA) is 101 Å². The Balaban J connectivity index is 1.39. The van der Waals surface area contributed by atoms with E-state index in [1.54, 1.807) is 0 Å². The van der Waals surface area contributed by atoms with Gasteiger partial charge < -0.3 is 15.5 Å². The predicted octanol–water partition coefficient (Wildman–Crippen LogP) is 2.70. The molecule has 1 amide bonds. The Hall–Kier alpha value is -2.92. The number of rotatable bonds is 5. The van der Waals surface area contributed by atoms with E-state index in [4.69, 9.17) is 0 Å². The summed E-state index contributed by atoms with van der Waals surface area (Å²) in [6.07, 6.45) is -1.88. The van der Waals surface area contributed by atoms with Gasteiger partial charge in [0.05, 0.1) is 5.69 Å². The van der Waals surface area contributed by atoms with Crippen molar-refractivity contribution in [3.63, 3.8) is 0 Å². The molecule has 0 radical (unpaired) electrons. The summed E-state index contributed by atoms with van der Waals surface area (Å²) in [5.74, 6) is 0.284. The standard InChI is InChI=1S/C19H25F3N8O/c1-9(2)14-16(31)26-13-10(3)24-18(27-15(13)29(14)4)25-12-5-11(6-12)7-30-8-23-17(28-30)19(20,21)22/h8-9,11-12,14H,5-7H2,1-4H3,(H,26,31)(H,24,25,27)/t11-,12+,14-/m0/s1. The number of aryl methyl sites for hydroxylation is 1. The Morgan fingerprint density at radius 3 is 2.61 bits per heavy atom. The van der Waals surface area contributed by atoms with Crippen molar-refractivity contribution in [3.8, 4) is 0 Å². The van der Waals surface area contributed by atoms with E-state index in [0.717, 1.165) is 19.2 Å². The summed E-state index contributed by atoms with van der Waals surface area (Å²) in [5.41, 5.74) is 1.29. The third-order valence-corrected chi connectivity index (χ3v) is 5.77. The van der Waals surface area contributed by atoms with E-state index in [9.17, 15) is 18.0 Å². The summed E-state index contributed by atoms with van der Waals surface area (Å²) in [4.78, 5) is 26.7. The molecule has 2 aromatic heterocycles. The highest BCUT2D eigenvalue weighted by Crippen LogP contribution is 2.36. The van der Waals surface area contributed by atoms with E-state index in [0.29, 0.717) is 29.7 Å². The van der Waals surface area contributed by atoms with Crippen LogP contribution in [0.15, 0.2) is 6.33 Å². The molecular formula is C19H25F3N8O. The predicted molar refractivity (Wildman–Crippen MR) is 108 cm³/mol. The fraction of sp³-hybridized carbons (Fsp3) is 0.632. The van der Waals surface area contributed by atoms with Crippen molar-refractivity contribution in [2.45, 2.75) is 58.4 Å². The Morgan fingerprint density at radius 2 is 2.00 bits per heavy atom. The number of aromatic nitrogens is 5. The Bertz CT molecular complexity index is 983. The second-order valence-electron chi connectivity index (χ2n) is 8.59. The lowest BCUT2D eigenvalue weighted by Crippen LogP contribution is -2.50. The fourth-order valence-electron chi connectivity index (χ4n) is 4.24. The number of anilines is 3. The first-order valence-corrected chi connectivity index (χ1v) is 10.2. The molecule has 2 N–H and O–H groups in total. The van der Waals surface area contributed by atoms with Gasteiger partial charge in [0.2, 0.25) is 11.9 Å². The van der Waals surface area contributed by atoms with E-state index >= 15 is 0 Å². The van der Waals surface area contributed by atoms with Gasteiger partial charge in [-0.15, -0.1) is 5.10 Å². The Labute approximate surface area is 177 Å². The quantitative estimate of drug-likeness (QED) is 0.740. The van der Waals surface area contributed by atoms with Crippen LogP contribution in [-0.2, 0) is 17.5 Å². The highest BCUT2D eigenvalue weighted by Gasteiger charge is 2.38. The van der Waals surface area contributed by atoms with Gasteiger partial charge in [-0.3, -0.25) is 9.48 Å². The number of hydrogen-bond acceptors (Lipinski definition) is 7. The van der Waals surface area contributed by atoms with Crippen LogP contribution in [0.1, 0.15) is 38.2 Å². The lowest BCUT2D eigenvalue weighted by Gasteiger charge is -2.38. The second-order valence-corrected chi connectivity index (χ2v) is 8.59. The Kier molecular flexibility index (Phi) is 5.26. The molecule has 1 aliphatic heterocycles. The molecule has 0 spiro atoms. The number of fused-ring (bicyclic) bond motifs is 1. The van der Waals surface area contributed by atoms with Gasteiger partial charge in [-0.1, -0.05) is 13.8 Å². The first-order chi connectivity index (χ1) is 14.5. The number of hydrogen-bond donors (Lipinski definition) is 2. The molecule has 1 aliphatic carbocycles. The summed E-state index contributed by atoms with van der Waals surface area (Å²) in [6.45, 7) is 6.18. The number of amides is 1. The van der Waals surface area contributed by atoms with Crippen LogP contribution in [0.3, 0.4) is 0 Å². The zero-order valence-electron chi connectivity index (χ0n) is 17.7. The van der Waals surface area contributed by atoms with Crippen molar-refractivity contribution in [2.75, 3.05) is 22.6 Å². The summed E-state index contributed by atoms with van der Waals surface area (Å²) in [7, 11) is 1.85. The number of carbonyl (C=O) groups excluding carboxylic acids is 1. The van der Waals surface area contributed by atoms with Crippen LogP contribution < -0.4 is 15.5 Å². The number of alkyl halides is 3. The molecule has 2 aromatic rings. The number of halogens is 3. The van der Waals surface area contributed by atoms with E-state index in [1.807, 2.05) is 32.7 Å². The molecule has 0 saturated heterocycles. The molecule has 3 heterocycles. The maximum absolute atomic E-state index is 12.6. The molecule has 1 atom stereocenters. The average molecular weight is 438 g/mol. The minimum Gasteiger partial charge on any atom is -0.351 e. The highest BCUT2D eigenvalue weighted by atomic mass is 19.4. The van der Waals surface area contributed by atoms with Gasteiger partial charge in [-0.2, -0.15) is 18.2 Å². The molecule has 1 saturated carbocycles. The highest BCUT2D eigenvalue weighted by molar-refractivity contribution is 6.03. The maximum atomic E-state index is 12.6. The monoisotopic (exact) mass is 438 g/mol.